The normalized spacial score (nSPS) is 18.4. The Morgan fingerprint density at radius 1 is 1.50 bits per heavy atom. The van der Waals surface area contributed by atoms with Gasteiger partial charge in [-0.3, -0.25) is 0 Å². The number of alkyl halides is 1. The number of nitrogens with one attached hydrogen (secondary N) is 1. The number of fused-ring (bicyclic) bond motifs is 3. The van der Waals surface area contributed by atoms with Gasteiger partial charge in [0.25, 0.3) is 0 Å². The van der Waals surface area contributed by atoms with E-state index >= 15 is 0 Å². The van der Waals surface area contributed by atoms with Crippen molar-refractivity contribution in [1.29, 1.82) is 0 Å². The molecule has 5 heteroatoms. The fraction of sp³-hybridized carbons (Fsp3) is 0.273. The summed E-state index contributed by atoms with van der Waals surface area (Å²) in [4.78, 5) is 4.44. The molecule has 2 aromatic rings. The minimum absolute atomic E-state index is 0.398. The first-order chi connectivity index (χ1) is 7.79. The molecular weight excluding hydrogens is 286 g/mol. The Kier molecular flexibility index (Phi) is 2.44. The molecule has 1 aliphatic rings. The summed E-state index contributed by atoms with van der Waals surface area (Å²) in [7, 11) is 0. The monoisotopic (exact) mass is 295 g/mol. The molecule has 0 saturated heterocycles. The number of halogens is 1. The van der Waals surface area contributed by atoms with E-state index < -0.39 is 0 Å². The van der Waals surface area contributed by atoms with Gasteiger partial charge in [-0.1, -0.05) is 28.1 Å². The van der Waals surface area contributed by atoms with Crippen LogP contribution in [-0.2, 0) is 6.54 Å². The standard InChI is InChI=1S/C11H10BrN3S/c12-5-7-6-15-10(13-7)8-3-1-2-4-9(8)14-11(15)16/h1-4,7,13H,5-6H2. The fourth-order valence-corrected chi connectivity index (χ4v) is 2.68. The topological polar surface area (TPSA) is 29.9 Å². The number of hydrogen-bond acceptors (Lipinski definition) is 3. The molecule has 0 spiro atoms. The lowest BCUT2D eigenvalue weighted by molar-refractivity contribution is 0.685. The minimum Gasteiger partial charge on any atom is -0.365 e. The largest absolute Gasteiger partial charge is 0.365 e. The average Bonchev–Trinajstić information content (AvgIpc) is 2.74. The Bertz CT molecular complexity index is 608. The molecule has 0 saturated carbocycles. The van der Waals surface area contributed by atoms with Crippen LogP contribution in [0.25, 0.3) is 10.9 Å². The van der Waals surface area contributed by atoms with E-state index in [9.17, 15) is 0 Å². The first-order valence-corrected chi connectivity index (χ1v) is 6.64. The van der Waals surface area contributed by atoms with Gasteiger partial charge >= 0.3 is 0 Å². The molecule has 1 aromatic heterocycles. The molecule has 1 aliphatic heterocycles. The minimum atomic E-state index is 0.398. The maximum atomic E-state index is 5.30. The van der Waals surface area contributed by atoms with Gasteiger partial charge in [-0.15, -0.1) is 0 Å². The van der Waals surface area contributed by atoms with E-state index in [1.807, 2.05) is 18.2 Å². The molecule has 0 amide bonds. The van der Waals surface area contributed by atoms with Gasteiger partial charge in [0.05, 0.1) is 11.6 Å². The molecule has 3 nitrogen and oxygen atoms in total. The van der Waals surface area contributed by atoms with Gasteiger partial charge in [-0.25, -0.2) is 4.98 Å². The molecule has 1 unspecified atom stereocenters. The molecule has 0 aliphatic carbocycles. The summed E-state index contributed by atoms with van der Waals surface area (Å²) in [5, 5.41) is 5.53. The number of aromatic nitrogens is 2. The van der Waals surface area contributed by atoms with Crippen LogP contribution >= 0.6 is 28.1 Å². The molecule has 1 aromatic carbocycles. The third-order valence-corrected chi connectivity index (χ3v) is 3.90. The van der Waals surface area contributed by atoms with E-state index in [-0.39, 0.29) is 0 Å². The lowest BCUT2D eigenvalue weighted by atomic mass is 10.2. The number of anilines is 1. The van der Waals surface area contributed by atoms with Crippen LogP contribution in [0.5, 0.6) is 0 Å². The van der Waals surface area contributed by atoms with Crippen molar-refractivity contribution in [1.82, 2.24) is 9.55 Å². The predicted octanol–water partition coefficient (Wildman–Crippen LogP) is 2.95. The number of nitrogens with zero attached hydrogens (tertiary/aromatic N) is 2. The Morgan fingerprint density at radius 3 is 3.12 bits per heavy atom. The number of para-hydroxylation sites is 1. The highest BCUT2D eigenvalue weighted by atomic mass is 79.9. The smallest absolute Gasteiger partial charge is 0.201 e. The van der Waals surface area contributed by atoms with Crippen LogP contribution in [0.15, 0.2) is 24.3 Å². The Labute approximate surface area is 107 Å². The highest BCUT2D eigenvalue weighted by Crippen LogP contribution is 2.27. The van der Waals surface area contributed by atoms with E-state index in [1.165, 1.54) is 0 Å². The highest BCUT2D eigenvalue weighted by Gasteiger charge is 2.21. The molecule has 2 heterocycles. The molecule has 1 atom stereocenters. The number of rotatable bonds is 1. The second-order valence-electron chi connectivity index (χ2n) is 3.87. The average molecular weight is 296 g/mol. The van der Waals surface area contributed by atoms with E-state index in [4.69, 9.17) is 12.2 Å². The first-order valence-electron chi connectivity index (χ1n) is 5.11. The lowest BCUT2D eigenvalue weighted by Gasteiger charge is -2.06. The molecule has 3 rings (SSSR count). The molecule has 0 fully saturated rings. The molecular formula is C11H10BrN3S. The van der Waals surface area contributed by atoms with Crippen molar-refractivity contribution in [2.75, 3.05) is 10.6 Å². The number of benzene rings is 1. The van der Waals surface area contributed by atoms with Crippen molar-refractivity contribution in [3.8, 4) is 0 Å². The highest BCUT2D eigenvalue weighted by molar-refractivity contribution is 9.09. The van der Waals surface area contributed by atoms with Crippen LogP contribution in [0.3, 0.4) is 0 Å². The van der Waals surface area contributed by atoms with Gasteiger partial charge in [0.1, 0.15) is 5.82 Å². The fourth-order valence-electron chi connectivity index (χ4n) is 2.05. The van der Waals surface area contributed by atoms with Crippen LogP contribution in [0.1, 0.15) is 0 Å². The summed E-state index contributed by atoms with van der Waals surface area (Å²) in [5.41, 5.74) is 0.960. The van der Waals surface area contributed by atoms with Crippen LogP contribution in [0, 0.1) is 4.77 Å². The summed E-state index contributed by atoms with van der Waals surface area (Å²) in [6.45, 7) is 0.886. The zero-order chi connectivity index (χ0) is 11.1. The van der Waals surface area contributed by atoms with E-state index in [0.717, 1.165) is 28.6 Å². The lowest BCUT2D eigenvalue weighted by Crippen LogP contribution is -2.17. The van der Waals surface area contributed by atoms with E-state index in [2.05, 4.69) is 36.9 Å². The molecule has 0 bridgehead atoms. The molecule has 82 valence electrons. The van der Waals surface area contributed by atoms with Crippen LogP contribution in [-0.4, -0.2) is 20.9 Å². The van der Waals surface area contributed by atoms with Crippen molar-refractivity contribution in [3.05, 3.63) is 29.0 Å². The van der Waals surface area contributed by atoms with Crippen LogP contribution in [0.4, 0.5) is 5.82 Å². The summed E-state index contributed by atoms with van der Waals surface area (Å²) < 4.78 is 2.73. The van der Waals surface area contributed by atoms with Gasteiger partial charge in [-0.2, -0.15) is 0 Å². The van der Waals surface area contributed by atoms with Crippen molar-refractivity contribution in [3.63, 3.8) is 0 Å². The maximum absolute atomic E-state index is 5.30. The van der Waals surface area contributed by atoms with Gasteiger partial charge in [0.15, 0.2) is 0 Å². The van der Waals surface area contributed by atoms with Crippen LogP contribution < -0.4 is 5.32 Å². The Balaban J connectivity index is 2.31. The van der Waals surface area contributed by atoms with E-state index in [1.54, 1.807) is 0 Å². The second kappa shape index (κ2) is 3.82. The quantitative estimate of drug-likeness (QED) is 0.648. The number of hydrogen-bond donors (Lipinski definition) is 1. The summed E-state index contributed by atoms with van der Waals surface area (Å²) in [6, 6.07) is 8.48. The zero-order valence-corrected chi connectivity index (χ0v) is 10.9. The zero-order valence-electron chi connectivity index (χ0n) is 8.48. The van der Waals surface area contributed by atoms with Crippen molar-refractivity contribution < 1.29 is 0 Å². The maximum Gasteiger partial charge on any atom is 0.201 e. The van der Waals surface area contributed by atoms with Crippen molar-refractivity contribution in [2.24, 2.45) is 0 Å². The molecule has 16 heavy (non-hydrogen) atoms. The van der Waals surface area contributed by atoms with Gasteiger partial charge in [0, 0.05) is 17.3 Å². The van der Waals surface area contributed by atoms with Crippen LogP contribution in [0.2, 0.25) is 0 Å². The van der Waals surface area contributed by atoms with Gasteiger partial charge in [-0.05, 0) is 24.4 Å². The third kappa shape index (κ3) is 1.46. The molecule has 0 radical (unpaired) electrons. The Morgan fingerprint density at radius 2 is 2.31 bits per heavy atom. The van der Waals surface area contributed by atoms with E-state index in [0.29, 0.717) is 10.8 Å². The SMILES string of the molecule is S=c1nc2ccccc2c2n1CC(CBr)N2. The summed E-state index contributed by atoms with van der Waals surface area (Å²) in [6.07, 6.45) is 0. The second-order valence-corrected chi connectivity index (χ2v) is 4.88. The Hall–Kier alpha value is -0.940. The van der Waals surface area contributed by atoms with Crippen molar-refractivity contribution >= 4 is 44.9 Å². The predicted molar refractivity (Wildman–Crippen MR) is 71.8 cm³/mol. The third-order valence-electron chi connectivity index (χ3n) is 2.81. The summed E-state index contributed by atoms with van der Waals surface area (Å²) >= 11 is 8.80. The molecule has 1 N–H and O–H groups in total. The first kappa shape index (κ1) is 10.2. The summed E-state index contributed by atoms with van der Waals surface area (Å²) in [5.74, 6) is 1.10. The van der Waals surface area contributed by atoms with Gasteiger partial charge < -0.3 is 9.88 Å². The van der Waals surface area contributed by atoms with Gasteiger partial charge in [0.2, 0.25) is 4.77 Å². The van der Waals surface area contributed by atoms with Crippen molar-refractivity contribution in [2.45, 2.75) is 12.6 Å².